The third-order valence-electron chi connectivity index (χ3n) is 5.44. The summed E-state index contributed by atoms with van der Waals surface area (Å²) in [7, 11) is 0. The van der Waals surface area contributed by atoms with Gasteiger partial charge in [-0.15, -0.1) is 0 Å². The van der Waals surface area contributed by atoms with Gasteiger partial charge in [0, 0.05) is 32.2 Å². The fraction of sp³-hybridized carbons (Fsp3) is 0.273. The van der Waals surface area contributed by atoms with Crippen molar-refractivity contribution < 1.29 is 4.39 Å². The first kappa shape index (κ1) is 19.6. The van der Waals surface area contributed by atoms with Crippen LogP contribution in [0.5, 0.6) is 0 Å². The number of halogens is 2. The molecule has 0 aliphatic carbocycles. The molecule has 5 nitrogen and oxygen atoms in total. The number of aromatic nitrogens is 2. The van der Waals surface area contributed by atoms with Crippen LogP contribution < -0.4 is 10.5 Å². The van der Waals surface area contributed by atoms with Gasteiger partial charge in [0.1, 0.15) is 10.8 Å². The number of nitrogens with zero attached hydrogens (tertiary/aromatic N) is 4. The van der Waals surface area contributed by atoms with Crippen molar-refractivity contribution in [2.45, 2.75) is 13.0 Å². The maximum Gasteiger partial charge on any atom is 0.292 e. The van der Waals surface area contributed by atoms with Crippen molar-refractivity contribution in [3.8, 4) is 5.69 Å². The average Bonchev–Trinajstić information content (AvgIpc) is 2.76. The summed E-state index contributed by atoms with van der Waals surface area (Å²) in [6.07, 6.45) is 1.66. The van der Waals surface area contributed by atoms with Gasteiger partial charge < -0.3 is 4.90 Å². The number of hydrogen-bond acceptors (Lipinski definition) is 4. The Morgan fingerprint density at radius 3 is 2.45 bits per heavy atom. The second-order valence-corrected chi connectivity index (χ2v) is 7.53. The zero-order valence-electron chi connectivity index (χ0n) is 16.1. The first-order valence-electron chi connectivity index (χ1n) is 9.62. The van der Waals surface area contributed by atoms with Crippen LogP contribution in [-0.2, 0) is 0 Å². The second-order valence-electron chi connectivity index (χ2n) is 7.15. The van der Waals surface area contributed by atoms with Crippen LogP contribution in [-0.4, -0.2) is 40.9 Å². The van der Waals surface area contributed by atoms with Crippen molar-refractivity contribution in [2.24, 2.45) is 0 Å². The standard InChI is InChI=1S/C22H22ClFN4O/c1-16(17-6-5-7-18(24)14-17)26-10-12-27(13-11-26)20-15-25-28(22(29)21(20)23)19-8-3-2-4-9-19/h2-9,14-16H,10-13H2,1H3. The van der Waals surface area contributed by atoms with Crippen LogP contribution in [0.1, 0.15) is 18.5 Å². The van der Waals surface area contributed by atoms with Crippen LogP contribution >= 0.6 is 11.6 Å². The molecule has 4 rings (SSSR count). The van der Waals surface area contributed by atoms with E-state index in [1.54, 1.807) is 18.3 Å². The smallest absolute Gasteiger partial charge is 0.292 e. The maximum atomic E-state index is 13.5. The van der Waals surface area contributed by atoms with Crippen LogP contribution in [0.4, 0.5) is 10.1 Å². The third kappa shape index (κ3) is 4.04. The SMILES string of the molecule is CC(c1cccc(F)c1)N1CCN(c2cnn(-c3ccccc3)c(=O)c2Cl)CC1. The van der Waals surface area contributed by atoms with Crippen LogP contribution in [0.3, 0.4) is 0 Å². The van der Waals surface area contributed by atoms with Crippen molar-refractivity contribution in [1.82, 2.24) is 14.7 Å². The lowest BCUT2D eigenvalue weighted by Gasteiger charge is -2.39. The molecular formula is C22H22ClFN4O. The molecule has 1 atom stereocenters. The molecule has 2 aromatic carbocycles. The van der Waals surface area contributed by atoms with Gasteiger partial charge in [0.2, 0.25) is 0 Å². The van der Waals surface area contributed by atoms with E-state index in [9.17, 15) is 9.18 Å². The minimum Gasteiger partial charge on any atom is -0.366 e. The van der Waals surface area contributed by atoms with Crippen LogP contribution in [0, 0.1) is 5.82 Å². The Morgan fingerprint density at radius 1 is 1.03 bits per heavy atom. The lowest BCUT2D eigenvalue weighted by atomic mass is 10.1. The van der Waals surface area contributed by atoms with E-state index in [0.717, 1.165) is 31.7 Å². The van der Waals surface area contributed by atoms with Gasteiger partial charge in [0.25, 0.3) is 5.56 Å². The Bertz CT molecular complexity index is 1050. The molecule has 0 radical (unpaired) electrons. The Balaban J connectivity index is 1.49. The lowest BCUT2D eigenvalue weighted by Crippen LogP contribution is -2.47. The zero-order chi connectivity index (χ0) is 20.4. The molecule has 1 aliphatic heterocycles. The summed E-state index contributed by atoms with van der Waals surface area (Å²) >= 11 is 6.42. The molecule has 0 N–H and O–H groups in total. The molecule has 0 amide bonds. The van der Waals surface area contributed by atoms with Gasteiger partial charge in [-0.25, -0.2) is 4.39 Å². The minimum atomic E-state index is -0.328. The van der Waals surface area contributed by atoms with E-state index in [-0.39, 0.29) is 22.4 Å². The predicted octanol–water partition coefficient (Wildman–Crippen LogP) is 3.91. The molecular weight excluding hydrogens is 391 g/mol. The summed E-state index contributed by atoms with van der Waals surface area (Å²) < 4.78 is 14.8. The Morgan fingerprint density at radius 2 is 1.76 bits per heavy atom. The van der Waals surface area contributed by atoms with Gasteiger partial charge in [-0.3, -0.25) is 9.69 Å². The number of hydrogen-bond donors (Lipinski definition) is 0. The third-order valence-corrected chi connectivity index (χ3v) is 5.79. The molecule has 7 heteroatoms. The van der Waals surface area contributed by atoms with Crippen molar-refractivity contribution >= 4 is 17.3 Å². The van der Waals surface area contributed by atoms with E-state index in [0.29, 0.717) is 11.4 Å². The average molecular weight is 413 g/mol. The highest BCUT2D eigenvalue weighted by atomic mass is 35.5. The molecule has 1 saturated heterocycles. The van der Waals surface area contributed by atoms with Crippen molar-refractivity contribution in [3.05, 3.63) is 87.6 Å². The van der Waals surface area contributed by atoms with E-state index < -0.39 is 0 Å². The summed E-state index contributed by atoms with van der Waals surface area (Å²) in [4.78, 5) is 17.1. The summed E-state index contributed by atoms with van der Waals surface area (Å²) in [5.41, 5.74) is 1.97. The predicted molar refractivity (Wildman–Crippen MR) is 113 cm³/mol. The van der Waals surface area contributed by atoms with Gasteiger partial charge in [0.15, 0.2) is 0 Å². The Kier molecular flexibility index (Phi) is 5.65. The minimum absolute atomic E-state index is 0.118. The Labute approximate surface area is 173 Å². The quantitative estimate of drug-likeness (QED) is 0.651. The highest BCUT2D eigenvalue weighted by Crippen LogP contribution is 2.26. The van der Waals surface area contributed by atoms with Gasteiger partial charge >= 0.3 is 0 Å². The fourth-order valence-corrected chi connectivity index (χ4v) is 3.97. The van der Waals surface area contributed by atoms with E-state index in [2.05, 4.69) is 21.8 Å². The van der Waals surface area contributed by atoms with E-state index in [1.807, 2.05) is 36.4 Å². The van der Waals surface area contributed by atoms with Gasteiger partial charge in [-0.2, -0.15) is 9.78 Å². The maximum absolute atomic E-state index is 13.5. The molecule has 150 valence electrons. The van der Waals surface area contributed by atoms with Crippen molar-refractivity contribution in [3.63, 3.8) is 0 Å². The summed E-state index contributed by atoms with van der Waals surface area (Å²) in [6, 6.07) is 16.1. The summed E-state index contributed by atoms with van der Waals surface area (Å²) in [5, 5.41) is 4.50. The molecule has 1 aliphatic rings. The second kappa shape index (κ2) is 8.35. The lowest BCUT2D eigenvalue weighted by molar-refractivity contribution is 0.198. The Hall–Kier alpha value is -2.70. The van der Waals surface area contributed by atoms with E-state index in [4.69, 9.17) is 11.6 Å². The monoisotopic (exact) mass is 412 g/mol. The first-order chi connectivity index (χ1) is 14.0. The van der Waals surface area contributed by atoms with Crippen LogP contribution in [0.2, 0.25) is 5.02 Å². The molecule has 0 saturated carbocycles. The number of benzene rings is 2. The van der Waals surface area contributed by atoms with E-state index >= 15 is 0 Å². The molecule has 2 heterocycles. The highest BCUT2D eigenvalue weighted by Gasteiger charge is 2.25. The molecule has 1 aromatic heterocycles. The highest BCUT2D eigenvalue weighted by molar-refractivity contribution is 6.33. The molecule has 0 spiro atoms. The topological polar surface area (TPSA) is 41.4 Å². The molecule has 1 fully saturated rings. The summed E-state index contributed by atoms with van der Waals surface area (Å²) in [6.45, 7) is 5.09. The van der Waals surface area contributed by atoms with Crippen molar-refractivity contribution in [2.75, 3.05) is 31.1 Å². The van der Waals surface area contributed by atoms with Crippen LogP contribution in [0.15, 0.2) is 65.6 Å². The summed E-state index contributed by atoms with van der Waals surface area (Å²) in [5.74, 6) is -0.218. The zero-order valence-corrected chi connectivity index (χ0v) is 16.9. The normalized spacial score (nSPS) is 16.0. The number of anilines is 1. The molecule has 0 bridgehead atoms. The molecule has 29 heavy (non-hydrogen) atoms. The number of rotatable bonds is 4. The van der Waals surface area contributed by atoms with Gasteiger partial charge in [-0.1, -0.05) is 41.9 Å². The van der Waals surface area contributed by atoms with Crippen molar-refractivity contribution in [1.29, 1.82) is 0 Å². The van der Waals surface area contributed by atoms with Gasteiger partial charge in [0.05, 0.1) is 17.6 Å². The van der Waals surface area contributed by atoms with Crippen LogP contribution in [0.25, 0.3) is 5.69 Å². The largest absolute Gasteiger partial charge is 0.366 e. The molecule has 1 unspecified atom stereocenters. The first-order valence-corrected chi connectivity index (χ1v) is 10.00. The van der Waals surface area contributed by atoms with E-state index in [1.165, 1.54) is 10.7 Å². The molecule has 3 aromatic rings. The number of para-hydroxylation sites is 1. The van der Waals surface area contributed by atoms with Gasteiger partial charge in [-0.05, 0) is 36.8 Å². The fourth-order valence-electron chi connectivity index (χ4n) is 3.73. The number of piperazine rings is 1.